The first-order valence-corrected chi connectivity index (χ1v) is 39.3. The molecule has 4 heteroatoms. The van der Waals surface area contributed by atoms with E-state index in [0.29, 0.717) is 0 Å². The molecule has 8 aromatic carbocycles. The number of halogens is 2. The fraction of sp³-hybridized carbons (Fsp3) is 0.200. The summed E-state index contributed by atoms with van der Waals surface area (Å²) in [6.45, 7) is 19.2. The van der Waals surface area contributed by atoms with Gasteiger partial charge in [-0.2, -0.15) is 0 Å². The molecule has 2 atom stereocenters. The summed E-state index contributed by atoms with van der Waals surface area (Å²) in [5.74, 6) is -1.85. The van der Waals surface area contributed by atoms with Gasteiger partial charge in [0, 0.05) is 0 Å². The Morgan fingerprint density at radius 3 is 1.05 bits per heavy atom. The van der Waals surface area contributed by atoms with Gasteiger partial charge in [-0.05, 0) is 0 Å². The van der Waals surface area contributed by atoms with Crippen LogP contribution >= 0.6 is 17.0 Å². The standard InChI is InChI=1S/2C29H25.C2H7Si.2ClH.Zr/c2*1-29(2,3)22-18-21-12-9-17-27(28(21)19-22)26-15-7-6-14-25(26)24-16-8-11-20-10-4-5-13-23(20)24;1-3-2;;;/h2*4-19H,1-3H3;3H,1-2H3;2*1H;/q;;;;;+2/p-2. The monoisotopic (exact) mass is 965 g/mol. The van der Waals surface area contributed by atoms with Gasteiger partial charge in [-0.25, -0.2) is 0 Å². The second-order valence-corrected chi connectivity index (χ2v) is 63.2. The van der Waals surface area contributed by atoms with Gasteiger partial charge in [0.15, 0.2) is 0 Å². The molecule has 0 heterocycles. The maximum absolute atomic E-state index is 9.14. The average molecular weight is 968 g/mol. The molecule has 0 nitrogen and oxygen atoms in total. The Balaban J connectivity index is 1.19. The predicted octanol–water partition coefficient (Wildman–Crippen LogP) is 18.3. The molecule has 8 aromatic rings. The van der Waals surface area contributed by atoms with Crippen molar-refractivity contribution in [2.75, 3.05) is 0 Å². The summed E-state index contributed by atoms with van der Waals surface area (Å²) in [7, 11) is 18.3. The number of hydrogen-bond acceptors (Lipinski definition) is 0. The molecule has 0 spiro atoms. The van der Waals surface area contributed by atoms with Crippen LogP contribution in [0.25, 0.3) is 78.2 Å². The van der Waals surface area contributed by atoms with E-state index < -0.39 is 21.5 Å². The summed E-state index contributed by atoms with van der Waals surface area (Å²) in [6.07, 6.45) is 5.05. The maximum atomic E-state index is 9.14. The summed E-state index contributed by atoms with van der Waals surface area (Å²) in [5, 5.41) is 5.01. The first kappa shape index (κ1) is 43.3. The number of fused-ring (bicyclic) bond motifs is 4. The second kappa shape index (κ2) is 15.8. The first-order valence-electron chi connectivity index (χ1n) is 23.0. The zero-order valence-corrected chi connectivity index (χ0v) is 43.4. The molecule has 0 aliphatic heterocycles. The molecule has 2 unspecified atom stereocenters. The second-order valence-electron chi connectivity index (χ2n) is 20.7. The van der Waals surface area contributed by atoms with Gasteiger partial charge in [0.2, 0.25) is 0 Å². The minimum absolute atomic E-state index is 0.0515. The molecule has 2 aliphatic carbocycles. The van der Waals surface area contributed by atoms with Crippen LogP contribution in [0.3, 0.4) is 0 Å². The molecular weight excluding hydrogens is 911 g/mol. The molecule has 0 N–H and O–H groups in total. The molecular formula is C60H57Cl2SiZr. The normalized spacial score (nSPS) is 17.0. The van der Waals surface area contributed by atoms with Crippen molar-refractivity contribution in [3.8, 4) is 44.5 Å². The van der Waals surface area contributed by atoms with E-state index in [2.05, 4.69) is 237 Å². The zero-order chi connectivity index (χ0) is 44.8. The van der Waals surface area contributed by atoms with Gasteiger partial charge in [0.05, 0.1) is 0 Å². The molecule has 64 heavy (non-hydrogen) atoms. The van der Waals surface area contributed by atoms with E-state index in [-0.39, 0.29) is 18.1 Å². The van der Waals surface area contributed by atoms with E-state index >= 15 is 0 Å². The Bertz CT molecular complexity index is 3010. The van der Waals surface area contributed by atoms with Gasteiger partial charge in [0.25, 0.3) is 0 Å². The average Bonchev–Trinajstić information content (AvgIpc) is 3.91. The third-order valence-corrected chi connectivity index (χ3v) is 66.2. The molecule has 0 saturated heterocycles. The van der Waals surface area contributed by atoms with Crippen LogP contribution in [0.4, 0.5) is 0 Å². The van der Waals surface area contributed by atoms with E-state index in [4.69, 9.17) is 17.0 Å². The minimum atomic E-state index is -5.24. The van der Waals surface area contributed by atoms with Crippen molar-refractivity contribution in [2.24, 2.45) is 10.8 Å². The van der Waals surface area contributed by atoms with Gasteiger partial charge in [0.1, 0.15) is 0 Å². The van der Waals surface area contributed by atoms with Crippen LogP contribution in [-0.4, -0.2) is 5.92 Å². The van der Waals surface area contributed by atoms with Gasteiger partial charge in [-0.15, -0.1) is 0 Å². The number of rotatable bonds is 7. The molecule has 0 bridgehead atoms. The summed E-state index contributed by atoms with van der Waals surface area (Å²) >= 11 is -5.24. The summed E-state index contributed by atoms with van der Waals surface area (Å²) in [6, 6.07) is 62.7. The van der Waals surface area contributed by atoms with Crippen LogP contribution < -0.4 is 0 Å². The van der Waals surface area contributed by atoms with Crippen LogP contribution in [0.1, 0.15) is 71.0 Å². The van der Waals surface area contributed by atoms with Crippen LogP contribution in [-0.2, 0) is 15.6 Å². The molecule has 0 fully saturated rings. The van der Waals surface area contributed by atoms with E-state index in [0.717, 1.165) is 0 Å². The van der Waals surface area contributed by atoms with Crippen molar-refractivity contribution in [1.82, 2.24) is 0 Å². The third kappa shape index (κ3) is 6.85. The van der Waals surface area contributed by atoms with Crippen LogP contribution in [0.2, 0.25) is 13.1 Å². The van der Waals surface area contributed by atoms with Crippen LogP contribution in [0.5, 0.6) is 0 Å². The summed E-state index contributed by atoms with van der Waals surface area (Å²) < 4.78 is -0.103. The van der Waals surface area contributed by atoms with Gasteiger partial charge < -0.3 is 0 Å². The fourth-order valence-electron chi connectivity index (χ4n) is 11.4. The van der Waals surface area contributed by atoms with Gasteiger partial charge in [-0.1, -0.05) is 0 Å². The first-order chi connectivity index (χ1) is 30.6. The molecule has 0 amide bonds. The van der Waals surface area contributed by atoms with Crippen molar-refractivity contribution >= 4 is 56.6 Å². The SMILES string of the molecule is C[SiH](C)[Zr]([Cl])([Cl])([CH]1C(C(C)(C)C)=Cc2c(-c3ccccc3-c3cccc4ccccc34)cccc21)[CH]1C(C(C)(C)C)=Cc2c(-c3ccccc3-c3cccc4ccccc34)cccc21. The number of hydrogen-bond donors (Lipinski definition) is 0. The number of benzene rings is 8. The van der Waals surface area contributed by atoms with Crippen LogP contribution in [0, 0.1) is 10.8 Å². The third-order valence-electron chi connectivity index (χ3n) is 14.7. The summed E-state index contributed by atoms with van der Waals surface area (Å²) in [4.78, 5) is 0. The molecule has 0 aromatic heterocycles. The van der Waals surface area contributed by atoms with Crippen molar-refractivity contribution in [2.45, 2.75) is 61.9 Å². The topological polar surface area (TPSA) is 0 Å². The van der Waals surface area contributed by atoms with E-state index in [9.17, 15) is 0 Å². The van der Waals surface area contributed by atoms with Gasteiger partial charge >= 0.3 is 393 Å². The Labute approximate surface area is 389 Å². The molecule has 0 radical (unpaired) electrons. The molecule has 319 valence electrons. The Kier molecular flexibility index (Phi) is 10.7. The van der Waals surface area contributed by atoms with Crippen molar-refractivity contribution < 1.29 is 15.6 Å². The van der Waals surface area contributed by atoms with Crippen LogP contribution in [0.15, 0.2) is 181 Å². The quantitative estimate of drug-likeness (QED) is 0.140. The van der Waals surface area contributed by atoms with E-state index in [1.165, 1.54) is 99.5 Å². The van der Waals surface area contributed by atoms with E-state index in [1.807, 2.05) is 0 Å². The summed E-state index contributed by atoms with van der Waals surface area (Å²) in [5.41, 5.74) is 17.5. The Hall–Kier alpha value is -4.56. The zero-order valence-electron chi connectivity index (χ0n) is 38.3. The van der Waals surface area contributed by atoms with E-state index in [1.54, 1.807) is 0 Å². The van der Waals surface area contributed by atoms with Crippen molar-refractivity contribution in [3.63, 3.8) is 0 Å². The van der Waals surface area contributed by atoms with Crippen molar-refractivity contribution in [3.05, 3.63) is 203 Å². The Morgan fingerprint density at radius 1 is 0.375 bits per heavy atom. The Morgan fingerprint density at radius 2 is 0.672 bits per heavy atom. The molecule has 0 saturated carbocycles. The molecule has 10 rings (SSSR count). The fourth-order valence-corrected chi connectivity index (χ4v) is 42.8. The predicted molar refractivity (Wildman–Crippen MR) is 281 cm³/mol. The van der Waals surface area contributed by atoms with Gasteiger partial charge in [-0.3, -0.25) is 0 Å². The van der Waals surface area contributed by atoms with Crippen molar-refractivity contribution in [1.29, 1.82) is 0 Å². The number of allylic oxidation sites excluding steroid dienone is 2. The molecule has 2 aliphatic rings.